The molecule has 23 heavy (non-hydrogen) atoms. The van der Waals surface area contributed by atoms with E-state index in [-0.39, 0.29) is 25.8 Å². The van der Waals surface area contributed by atoms with E-state index in [1.165, 1.54) is 24.8 Å². The van der Waals surface area contributed by atoms with Crippen molar-refractivity contribution in [3.63, 3.8) is 0 Å². The molecule has 0 bridgehead atoms. The average molecular weight is 491 g/mol. The summed E-state index contributed by atoms with van der Waals surface area (Å²) < 4.78 is 0. The van der Waals surface area contributed by atoms with E-state index in [9.17, 15) is 0 Å². The van der Waals surface area contributed by atoms with Gasteiger partial charge in [-0.1, -0.05) is 45.8 Å². The first kappa shape index (κ1) is 26.1. The van der Waals surface area contributed by atoms with Crippen LogP contribution in [0.3, 0.4) is 0 Å². The standard InChI is InChI=1S/C11H22Si.2C5H5.Hf/c1-6-8-9-11(7-2)10-12(3,4)5;2*1-2-4-5-3-1;/h2,6-9H2,1,3-5H3;2*1-5H;/q-2;;;+4. The molecule has 2 aliphatic rings. The zero-order valence-electron chi connectivity index (χ0n) is 15.3. The Kier molecular flexibility index (Phi) is 20.0. The Labute approximate surface area is 168 Å². The third-order valence-corrected chi connectivity index (χ3v) is 3.90. The van der Waals surface area contributed by atoms with Crippen LogP contribution < -0.4 is 0 Å². The Hall–Kier alpha value is 0.827. The molecule has 2 saturated carbocycles. The minimum Gasteiger partial charge on any atom is -0.501 e. The van der Waals surface area contributed by atoms with E-state index in [1.807, 2.05) is 64.2 Å². The Bertz CT molecular complexity index is 232. The van der Waals surface area contributed by atoms with Crippen molar-refractivity contribution in [2.24, 2.45) is 0 Å². The van der Waals surface area contributed by atoms with Crippen molar-refractivity contribution in [2.45, 2.75) is 52.2 Å². The Balaban J connectivity index is 0. The summed E-state index contributed by atoms with van der Waals surface area (Å²) in [5.41, 5.74) is 5.09. The monoisotopic (exact) mass is 492 g/mol. The molecule has 0 aromatic rings. The summed E-state index contributed by atoms with van der Waals surface area (Å²) >= 11 is 0. The summed E-state index contributed by atoms with van der Waals surface area (Å²) in [7, 11) is -1.12. The Morgan fingerprint density at radius 2 is 1.17 bits per heavy atom. The first-order chi connectivity index (χ1) is 10.5. The molecule has 0 N–H and O–H groups in total. The number of unbranched alkanes of at least 4 members (excludes halogenated alkanes) is 1. The van der Waals surface area contributed by atoms with Crippen LogP contribution >= 0.6 is 0 Å². The second kappa shape index (κ2) is 17.6. The molecular formula is C21H32HfSi+2. The molecule has 0 saturated heterocycles. The Morgan fingerprint density at radius 1 is 0.826 bits per heavy atom. The second-order valence-electron chi connectivity index (χ2n) is 6.26. The van der Waals surface area contributed by atoms with Gasteiger partial charge in [0, 0.05) is 0 Å². The van der Waals surface area contributed by atoms with Crippen molar-refractivity contribution < 1.29 is 25.8 Å². The van der Waals surface area contributed by atoms with Gasteiger partial charge in [-0.15, -0.1) is 8.07 Å². The summed E-state index contributed by atoms with van der Waals surface area (Å²) in [4.78, 5) is 0. The Morgan fingerprint density at radius 3 is 1.39 bits per heavy atom. The minimum absolute atomic E-state index is 0. The molecule has 2 rings (SSSR count). The van der Waals surface area contributed by atoms with Gasteiger partial charge in [-0.25, -0.2) is 0 Å². The van der Waals surface area contributed by atoms with Gasteiger partial charge >= 0.3 is 25.8 Å². The van der Waals surface area contributed by atoms with Crippen LogP contribution in [0.15, 0.2) is 5.57 Å². The molecule has 0 aromatic carbocycles. The molecule has 0 spiro atoms. The normalized spacial score (nSPS) is 17.5. The average Bonchev–Trinajstić information content (AvgIpc) is 3.19. The molecular weight excluding hydrogens is 459 g/mol. The molecule has 2 fully saturated rings. The van der Waals surface area contributed by atoms with Gasteiger partial charge in [0.2, 0.25) is 0 Å². The van der Waals surface area contributed by atoms with Gasteiger partial charge in [-0.2, -0.15) is 6.42 Å². The molecule has 10 radical (unpaired) electrons. The molecule has 0 heterocycles. The van der Waals surface area contributed by atoms with E-state index in [0.29, 0.717) is 0 Å². The molecule has 0 amide bonds. The summed E-state index contributed by atoms with van der Waals surface area (Å²) in [5, 5.41) is 0. The summed E-state index contributed by atoms with van der Waals surface area (Å²) in [5.74, 6) is 0. The largest absolute Gasteiger partial charge is 4.00 e. The molecule has 2 aliphatic carbocycles. The summed E-state index contributed by atoms with van der Waals surface area (Å²) in [6.45, 7) is 13.2. The predicted octanol–water partition coefficient (Wildman–Crippen LogP) is 6.05. The fourth-order valence-electron chi connectivity index (χ4n) is 1.81. The van der Waals surface area contributed by atoms with Gasteiger partial charge in [0.1, 0.15) is 0 Å². The number of allylic oxidation sites excluding steroid dienone is 1. The van der Waals surface area contributed by atoms with Crippen molar-refractivity contribution in [2.75, 3.05) is 0 Å². The third-order valence-electron chi connectivity index (χ3n) is 2.80. The maximum absolute atomic E-state index is 3.95. The molecule has 2 heteroatoms. The van der Waals surface area contributed by atoms with Crippen molar-refractivity contribution in [3.05, 3.63) is 82.4 Å². The topological polar surface area (TPSA) is 0 Å². The summed E-state index contributed by atoms with van der Waals surface area (Å²) in [6, 6.07) is 0. The van der Waals surface area contributed by atoms with Gasteiger partial charge in [-0.05, 0) is 64.2 Å². The van der Waals surface area contributed by atoms with Gasteiger partial charge < -0.3 is 12.6 Å². The fraction of sp³-hybridized carbons (Fsp3) is 0.381. The SMILES string of the molecule is [CH2-]CC(=[C-][Si](C)(C)C)CCCC.[CH]1[CH][CH][CH][CH]1.[CH]1[CH][CH][CH][CH]1.[Hf+4]. The zero-order valence-corrected chi connectivity index (χ0v) is 19.9. The smallest absolute Gasteiger partial charge is 0.501 e. The van der Waals surface area contributed by atoms with Crippen LogP contribution in [0.5, 0.6) is 0 Å². The quantitative estimate of drug-likeness (QED) is 0.325. The van der Waals surface area contributed by atoms with E-state index in [2.05, 4.69) is 39.2 Å². The van der Waals surface area contributed by atoms with Crippen LogP contribution in [0.25, 0.3) is 0 Å². The van der Waals surface area contributed by atoms with Crippen molar-refractivity contribution in [3.8, 4) is 0 Å². The predicted molar refractivity (Wildman–Crippen MR) is 103 cm³/mol. The van der Waals surface area contributed by atoms with Crippen molar-refractivity contribution in [1.82, 2.24) is 0 Å². The molecule has 0 nitrogen and oxygen atoms in total. The molecule has 122 valence electrons. The molecule has 0 aromatic heterocycles. The van der Waals surface area contributed by atoms with Crippen LogP contribution in [-0.4, -0.2) is 8.07 Å². The molecule has 0 unspecified atom stereocenters. The van der Waals surface area contributed by atoms with E-state index in [4.69, 9.17) is 0 Å². The number of hydrogen-bond donors (Lipinski definition) is 0. The van der Waals surface area contributed by atoms with E-state index >= 15 is 0 Å². The third kappa shape index (κ3) is 20.8. The first-order valence-electron chi connectivity index (χ1n) is 8.25. The van der Waals surface area contributed by atoms with Crippen LogP contribution in [0.2, 0.25) is 19.6 Å². The van der Waals surface area contributed by atoms with E-state index in [1.54, 1.807) is 0 Å². The van der Waals surface area contributed by atoms with Crippen LogP contribution in [0.4, 0.5) is 0 Å². The van der Waals surface area contributed by atoms with Crippen molar-refractivity contribution >= 4 is 8.07 Å². The van der Waals surface area contributed by atoms with Gasteiger partial charge in [-0.3, -0.25) is 5.57 Å². The van der Waals surface area contributed by atoms with Crippen LogP contribution in [0.1, 0.15) is 32.6 Å². The number of hydrogen-bond acceptors (Lipinski definition) is 0. The van der Waals surface area contributed by atoms with E-state index in [0.717, 1.165) is 6.42 Å². The van der Waals surface area contributed by atoms with Crippen LogP contribution in [0, 0.1) is 76.8 Å². The maximum Gasteiger partial charge on any atom is 4.00 e. The van der Waals surface area contributed by atoms with Gasteiger partial charge in [0.15, 0.2) is 0 Å². The van der Waals surface area contributed by atoms with Gasteiger partial charge in [0.05, 0.1) is 0 Å². The minimum atomic E-state index is -1.12. The zero-order chi connectivity index (χ0) is 16.7. The van der Waals surface area contributed by atoms with Crippen molar-refractivity contribution in [1.29, 1.82) is 0 Å². The maximum atomic E-state index is 3.95. The number of rotatable bonds is 5. The van der Waals surface area contributed by atoms with Crippen LogP contribution in [-0.2, 0) is 25.8 Å². The first-order valence-corrected chi connectivity index (χ1v) is 11.7. The van der Waals surface area contributed by atoms with Gasteiger partial charge in [0.25, 0.3) is 0 Å². The molecule has 0 aliphatic heterocycles. The summed E-state index contributed by atoms with van der Waals surface area (Å²) in [6.07, 6.45) is 24.7. The van der Waals surface area contributed by atoms with E-state index < -0.39 is 8.07 Å². The fourth-order valence-corrected chi connectivity index (χ4v) is 3.12. The molecule has 0 atom stereocenters. The second-order valence-corrected chi connectivity index (χ2v) is 11.0.